The first kappa shape index (κ1) is 24.9. The summed E-state index contributed by atoms with van der Waals surface area (Å²) in [5.74, 6) is 1.81. The van der Waals surface area contributed by atoms with E-state index in [4.69, 9.17) is 9.47 Å². The summed E-state index contributed by atoms with van der Waals surface area (Å²) in [6, 6.07) is 27.7. The Hall–Kier alpha value is -4.38. The average Bonchev–Trinajstić information content (AvgIpc) is 3.46. The molecule has 0 saturated carbocycles. The Labute approximate surface area is 228 Å². The minimum absolute atomic E-state index is 0.127. The molecule has 1 heterocycles. The van der Waals surface area contributed by atoms with E-state index >= 15 is 0 Å². The molecule has 0 unspecified atom stereocenters. The molecule has 0 saturated heterocycles. The Balaban J connectivity index is 1.15. The van der Waals surface area contributed by atoms with Crippen LogP contribution in [0.5, 0.6) is 11.5 Å². The van der Waals surface area contributed by atoms with E-state index in [0.29, 0.717) is 28.9 Å². The van der Waals surface area contributed by atoms with Crippen LogP contribution in [0, 0.1) is 18.7 Å². The lowest BCUT2D eigenvalue weighted by Crippen LogP contribution is -2.29. The first-order chi connectivity index (χ1) is 19.1. The summed E-state index contributed by atoms with van der Waals surface area (Å²) in [4.78, 5) is 4.68. The molecule has 0 aromatic heterocycles. The third kappa shape index (κ3) is 5.17. The van der Waals surface area contributed by atoms with E-state index in [2.05, 4.69) is 71.8 Å². The highest BCUT2D eigenvalue weighted by atomic mass is 19.1. The first-order valence-electron chi connectivity index (χ1n) is 13.3. The van der Waals surface area contributed by atoms with Gasteiger partial charge in [-0.3, -0.25) is 4.99 Å². The highest BCUT2D eigenvalue weighted by Crippen LogP contribution is 2.50. The summed E-state index contributed by atoms with van der Waals surface area (Å²) in [5.41, 5.74) is 7.48. The molecule has 2 aliphatic rings. The number of fused-ring (bicyclic) bond motifs is 3. The van der Waals surface area contributed by atoms with Crippen molar-refractivity contribution >= 4 is 17.6 Å². The van der Waals surface area contributed by atoms with Crippen LogP contribution < -0.4 is 14.8 Å². The zero-order valence-corrected chi connectivity index (χ0v) is 22.1. The summed E-state index contributed by atoms with van der Waals surface area (Å²) in [7, 11) is 1.59. The maximum Gasteiger partial charge on any atom is 0.161 e. The van der Waals surface area contributed by atoms with Crippen molar-refractivity contribution in [1.82, 2.24) is 0 Å². The molecule has 4 aromatic rings. The van der Waals surface area contributed by atoms with Crippen molar-refractivity contribution in [2.45, 2.75) is 31.9 Å². The van der Waals surface area contributed by atoms with E-state index in [9.17, 15) is 4.39 Å². The summed E-state index contributed by atoms with van der Waals surface area (Å²) in [6.45, 7) is 2.29. The van der Waals surface area contributed by atoms with Crippen LogP contribution in [0.1, 0.15) is 46.2 Å². The number of benzene rings is 4. The molecule has 4 nitrogen and oxygen atoms in total. The number of nitrogens with one attached hydrogen (secondary N) is 1. The van der Waals surface area contributed by atoms with Gasteiger partial charge in [-0.05, 0) is 78.4 Å². The van der Waals surface area contributed by atoms with E-state index in [1.165, 1.54) is 28.4 Å². The monoisotopic (exact) mass is 518 g/mol. The Kier molecular flexibility index (Phi) is 6.89. The molecule has 4 aromatic carbocycles. The van der Waals surface area contributed by atoms with E-state index in [1.54, 1.807) is 25.3 Å². The van der Waals surface area contributed by atoms with Crippen LogP contribution in [0.2, 0.25) is 0 Å². The topological polar surface area (TPSA) is 42.8 Å². The predicted octanol–water partition coefficient (Wildman–Crippen LogP) is 8.30. The molecule has 1 aliphatic heterocycles. The van der Waals surface area contributed by atoms with Crippen LogP contribution in [-0.2, 0) is 6.61 Å². The lowest BCUT2D eigenvalue weighted by atomic mass is 9.76. The van der Waals surface area contributed by atoms with Crippen LogP contribution in [0.3, 0.4) is 0 Å². The largest absolute Gasteiger partial charge is 0.493 e. The van der Waals surface area contributed by atoms with Crippen molar-refractivity contribution in [3.05, 3.63) is 131 Å². The molecule has 3 atom stereocenters. The van der Waals surface area contributed by atoms with Crippen molar-refractivity contribution in [3.8, 4) is 11.5 Å². The molecule has 1 aliphatic carbocycles. The molecule has 0 fully saturated rings. The van der Waals surface area contributed by atoms with Gasteiger partial charge in [-0.15, -0.1) is 0 Å². The van der Waals surface area contributed by atoms with Crippen molar-refractivity contribution in [2.24, 2.45) is 10.9 Å². The molecule has 0 amide bonds. The first-order valence-corrected chi connectivity index (χ1v) is 13.3. The average molecular weight is 519 g/mol. The molecular weight excluding hydrogens is 487 g/mol. The number of allylic oxidation sites excluding steroid dienone is 2. The lowest BCUT2D eigenvalue weighted by molar-refractivity contribution is 0.279. The molecule has 0 bridgehead atoms. The Bertz CT molecular complexity index is 1540. The quantitative estimate of drug-likeness (QED) is 0.198. The zero-order chi connectivity index (χ0) is 26.8. The maximum absolute atomic E-state index is 13.9. The SMILES string of the molecule is COc1cc(C=Nc2ccc([C@@H]3Nc4ccc(C)cc4[C@H]4C=CC[C@@H]43)cc2)ccc1OCc1ccccc1F. The van der Waals surface area contributed by atoms with Crippen LogP contribution in [0.4, 0.5) is 15.8 Å². The number of methoxy groups -OCH3 is 1. The number of nitrogens with zero attached hydrogens (tertiary/aromatic N) is 1. The highest BCUT2D eigenvalue weighted by Gasteiger charge is 2.37. The van der Waals surface area contributed by atoms with E-state index in [-0.39, 0.29) is 18.5 Å². The third-order valence-corrected chi connectivity index (χ3v) is 7.66. The smallest absolute Gasteiger partial charge is 0.161 e. The molecule has 0 spiro atoms. The number of rotatable bonds is 7. The predicted molar refractivity (Wildman–Crippen MR) is 155 cm³/mol. The van der Waals surface area contributed by atoms with Crippen LogP contribution in [0.15, 0.2) is 102 Å². The third-order valence-electron chi connectivity index (χ3n) is 7.66. The summed E-state index contributed by atoms with van der Waals surface area (Å²) in [5, 5.41) is 3.81. The van der Waals surface area contributed by atoms with Gasteiger partial charge in [0.15, 0.2) is 11.5 Å². The maximum atomic E-state index is 13.9. The van der Waals surface area contributed by atoms with Gasteiger partial charge >= 0.3 is 0 Å². The summed E-state index contributed by atoms with van der Waals surface area (Å²) >= 11 is 0. The molecule has 6 rings (SSSR count). The highest BCUT2D eigenvalue weighted by molar-refractivity contribution is 5.83. The van der Waals surface area contributed by atoms with Crippen molar-refractivity contribution in [3.63, 3.8) is 0 Å². The van der Waals surface area contributed by atoms with Gasteiger partial charge < -0.3 is 14.8 Å². The van der Waals surface area contributed by atoms with Crippen molar-refractivity contribution in [1.29, 1.82) is 0 Å². The minimum atomic E-state index is -0.287. The number of aliphatic imine (C=N–C) groups is 1. The van der Waals surface area contributed by atoms with E-state index in [0.717, 1.165) is 17.7 Å². The Morgan fingerprint density at radius 3 is 2.64 bits per heavy atom. The number of aryl methyl sites for hydroxylation is 1. The second-order valence-corrected chi connectivity index (χ2v) is 10.2. The minimum Gasteiger partial charge on any atom is -0.493 e. The van der Waals surface area contributed by atoms with Gasteiger partial charge in [-0.1, -0.05) is 60.2 Å². The number of halogens is 1. The van der Waals surface area contributed by atoms with Crippen molar-refractivity contribution < 1.29 is 13.9 Å². The van der Waals surface area contributed by atoms with Crippen molar-refractivity contribution in [2.75, 3.05) is 12.4 Å². The van der Waals surface area contributed by atoms with Gasteiger partial charge in [0.2, 0.25) is 0 Å². The summed E-state index contributed by atoms with van der Waals surface area (Å²) < 4.78 is 25.3. The molecular formula is C34H31FN2O2. The Morgan fingerprint density at radius 2 is 1.82 bits per heavy atom. The Morgan fingerprint density at radius 1 is 0.974 bits per heavy atom. The number of hydrogen-bond donors (Lipinski definition) is 1. The van der Waals surface area contributed by atoms with Gasteiger partial charge in [0, 0.05) is 23.4 Å². The van der Waals surface area contributed by atoms with Gasteiger partial charge in [-0.2, -0.15) is 0 Å². The second-order valence-electron chi connectivity index (χ2n) is 10.2. The zero-order valence-electron chi connectivity index (χ0n) is 22.1. The second kappa shape index (κ2) is 10.8. The lowest BCUT2D eigenvalue weighted by Gasteiger charge is -2.37. The van der Waals surface area contributed by atoms with E-state index < -0.39 is 0 Å². The van der Waals surface area contributed by atoms with E-state index in [1.807, 2.05) is 24.4 Å². The summed E-state index contributed by atoms with van der Waals surface area (Å²) in [6.07, 6.45) is 7.59. The van der Waals surface area contributed by atoms with Gasteiger partial charge in [0.05, 0.1) is 18.8 Å². The molecule has 0 radical (unpaired) electrons. The molecule has 39 heavy (non-hydrogen) atoms. The fourth-order valence-electron chi connectivity index (χ4n) is 5.62. The van der Waals surface area contributed by atoms with Crippen LogP contribution in [-0.4, -0.2) is 13.3 Å². The fourth-order valence-corrected chi connectivity index (χ4v) is 5.62. The molecule has 196 valence electrons. The number of hydrogen-bond acceptors (Lipinski definition) is 4. The normalized spacial score (nSPS) is 19.4. The number of ether oxygens (including phenoxy) is 2. The van der Waals surface area contributed by atoms with Crippen LogP contribution in [0.25, 0.3) is 0 Å². The van der Waals surface area contributed by atoms with Crippen LogP contribution >= 0.6 is 0 Å². The number of anilines is 1. The molecule has 5 heteroatoms. The standard InChI is InChI=1S/C34H31FN2O2/c1-22-10-16-31-29(18-22)27-7-5-8-28(27)34(37-31)24-12-14-26(15-13-24)36-20-23-11-17-32(33(19-23)38-2)39-21-25-6-3-4-9-30(25)35/h3-7,9-20,27-28,34,37H,8,21H2,1-2H3/t27-,28-,34-/m0/s1. The van der Waals surface area contributed by atoms with Gasteiger partial charge in [0.1, 0.15) is 12.4 Å². The van der Waals surface area contributed by atoms with Gasteiger partial charge in [-0.25, -0.2) is 4.39 Å². The molecule has 1 N–H and O–H groups in total. The van der Waals surface area contributed by atoms with Gasteiger partial charge in [0.25, 0.3) is 0 Å². The fraction of sp³-hybridized carbons (Fsp3) is 0.206.